The molecule has 1 saturated heterocycles. The van der Waals surface area contributed by atoms with Crippen LogP contribution in [0.5, 0.6) is 5.75 Å². The van der Waals surface area contributed by atoms with Crippen molar-refractivity contribution in [2.75, 3.05) is 13.1 Å². The molecule has 5 nitrogen and oxygen atoms in total. The topological polar surface area (TPSA) is 66.8 Å². The highest BCUT2D eigenvalue weighted by Crippen LogP contribution is 2.40. The summed E-state index contributed by atoms with van der Waals surface area (Å²) in [6.07, 6.45) is 2.22. The van der Waals surface area contributed by atoms with E-state index in [4.69, 9.17) is 9.84 Å². The predicted octanol–water partition coefficient (Wildman–Crippen LogP) is 1.78. The molecule has 3 rings (SSSR count). The fourth-order valence-electron chi connectivity index (χ4n) is 2.86. The van der Waals surface area contributed by atoms with Gasteiger partial charge in [0, 0.05) is 25.9 Å². The molecule has 1 aliphatic carbocycles. The average Bonchev–Trinajstić information content (AvgIpc) is 3.29. The Morgan fingerprint density at radius 1 is 1.10 bits per heavy atom. The van der Waals surface area contributed by atoms with E-state index < -0.39 is 11.9 Å². The second-order valence-electron chi connectivity index (χ2n) is 5.74. The van der Waals surface area contributed by atoms with Gasteiger partial charge in [-0.15, -0.1) is 0 Å². The summed E-state index contributed by atoms with van der Waals surface area (Å²) in [4.78, 5) is 24.8. The third-order valence-electron chi connectivity index (χ3n) is 4.22. The largest absolute Gasteiger partial charge is 0.490 e. The van der Waals surface area contributed by atoms with Crippen LogP contribution in [0.1, 0.15) is 19.3 Å². The molecular weight excluding hydrogens is 270 g/mol. The van der Waals surface area contributed by atoms with Crippen molar-refractivity contribution in [2.24, 2.45) is 11.8 Å². The molecule has 1 aromatic carbocycles. The molecule has 0 spiro atoms. The van der Waals surface area contributed by atoms with Crippen LogP contribution in [-0.4, -0.2) is 41.1 Å². The van der Waals surface area contributed by atoms with E-state index in [1.807, 2.05) is 30.3 Å². The fraction of sp³-hybridized carbons (Fsp3) is 0.500. The smallest absolute Gasteiger partial charge is 0.307 e. The van der Waals surface area contributed by atoms with Crippen molar-refractivity contribution in [1.82, 2.24) is 4.90 Å². The zero-order chi connectivity index (χ0) is 14.8. The van der Waals surface area contributed by atoms with Gasteiger partial charge in [-0.1, -0.05) is 18.2 Å². The van der Waals surface area contributed by atoms with Crippen LogP contribution in [-0.2, 0) is 9.59 Å². The van der Waals surface area contributed by atoms with Crippen LogP contribution < -0.4 is 4.74 Å². The number of carboxylic acid groups (broad SMARTS) is 1. The molecule has 0 radical (unpaired) electrons. The number of piperidine rings is 1. The third-order valence-corrected chi connectivity index (χ3v) is 4.22. The standard InChI is InChI=1S/C16H19NO4/c18-15(13-10-14(13)16(19)20)17-8-6-12(7-9-17)21-11-4-2-1-3-5-11/h1-5,12-14H,6-10H2,(H,19,20)/t13-,14+/m1/s1. The molecule has 2 aliphatic rings. The van der Waals surface area contributed by atoms with E-state index in [0.29, 0.717) is 19.5 Å². The maximum Gasteiger partial charge on any atom is 0.307 e. The Morgan fingerprint density at radius 2 is 1.76 bits per heavy atom. The number of nitrogens with zero attached hydrogens (tertiary/aromatic N) is 1. The van der Waals surface area contributed by atoms with Gasteiger partial charge in [-0.05, 0) is 18.6 Å². The average molecular weight is 289 g/mol. The van der Waals surface area contributed by atoms with Crippen molar-refractivity contribution >= 4 is 11.9 Å². The summed E-state index contributed by atoms with van der Waals surface area (Å²) < 4.78 is 5.89. The summed E-state index contributed by atoms with van der Waals surface area (Å²) >= 11 is 0. The number of carbonyl (C=O) groups excluding carboxylic acids is 1. The molecule has 1 saturated carbocycles. The lowest BCUT2D eigenvalue weighted by atomic mass is 10.1. The van der Waals surface area contributed by atoms with E-state index in [9.17, 15) is 9.59 Å². The minimum absolute atomic E-state index is 0.000520. The minimum atomic E-state index is -0.851. The number of benzene rings is 1. The number of carboxylic acids is 1. The van der Waals surface area contributed by atoms with Gasteiger partial charge in [0.1, 0.15) is 11.9 Å². The summed E-state index contributed by atoms with van der Waals surface area (Å²) in [5.74, 6) is -0.753. The maximum atomic E-state index is 12.2. The number of hydrogen-bond donors (Lipinski definition) is 1. The number of amides is 1. The molecule has 21 heavy (non-hydrogen) atoms. The highest BCUT2D eigenvalue weighted by atomic mass is 16.5. The molecule has 0 aromatic heterocycles. The highest BCUT2D eigenvalue weighted by molar-refractivity contribution is 5.89. The first-order valence-corrected chi connectivity index (χ1v) is 7.38. The maximum absolute atomic E-state index is 12.2. The number of hydrogen-bond acceptors (Lipinski definition) is 3. The molecule has 1 heterocycles. The van der Waals surface area contributed by atoms with Crippen molar-refractivity contribution in [3.8, 4) is 5.75 Å². The number of likely N-dealkylation sites (tertiary alicyclic amines) is 1. The number of para-hydroxylation sites is 1. The van der Waals surface area contributed by atoms with Gasteiger partial charge in [0.25, 0.3) is 0 Å². The Hall–Kier alpha value is -2.04. The summed E-state index contributed by atoms with van der Waals surface area (Å²) in [5.41, 5.74) is 0. The van der Waals surface area contributed by atoms with E-state index in [2.05, 4.69) is 0 Å². The second-order valence-corrected chi connectivity index (χ2v) is 5.74. The normalized spacial score (nSPS) is 25.4. The molecule has 1 aliphatic heterocycles. The van der Waals surface area contributed by atoms with E-state index in [1.54, 1.807) is 4.90 Å². The fourth-order valence-corrected chi connectivity index (χ4v) is 2.86. The van der Waals surface area contributed by atoms with Gasteiger partial charge >= 0.3 is 5.97 Å². The Balaban J connectivity index is 1.47. The van der Waals surface area contributed by atoms with Gasteiger partial charge in [-0.3, -0.25) is 9.59 Å². The Bertz CT molecular complexity index is 522. The minimum Gasteiger partial charge on any atom is -0.490 e. The SMILES string of the molecule is O=C(O)[C@H]1C[C@H]1C(=O)N1CCC(Oc2ccccc2)CC1. The van der Waals surface area contributed by atoms with Crippen molar-refractivity contribution in [1.29, 1.82) is 0 Å². The van der Waals surface area contributed by atoms with Crippen LogP contribution in [0.15, 0.2) is 30.3 Å². The van der Waals surface area contributed by atoms with E-state index in [-0.39, 0.29) is 17.9 Å². The Morgan fingerprint density at radius 3 is 2.33 bits per heavy atom. The first kappa shape index (κ1) is 13.9. The molecule has 112 valence electrons. The number of ether oxygens (including phenoxy) is 1. The Kier molecular flexibility index (Phi) is 3.82. The first-order chi connectivity index (χ1) is 10.1. The zero-order valence-electron chi connectivity index (χ0n) is 11.8. The predicted molar refractivity (Wildman–Crippen MR) is 75.9 cm³/mol. The van der Waals surface area contributed by atoms with E-state index in [1.165, 1.54) is 0 Å². The van der Waals surface area contributed by atoms with Crippen LogP contribution in [0.4, 0.5) is 0 Å². The molecule has 1 amide bonds. The molecule has 5 heteroatoms. The molecule has 2 fully saturated rings. The summed E-state index contributed by atoms with van der Waals surface area (Å²) in [6, 6.07) is 9.68. The van der Waals surface area contributed by atoms with Gasteiger partial charge in [0.05, 0.1) is 11.8 Å². The van der Waals surface area contributed by atoms with Crippen molar-refractivity contribution in [3.05, 3.63) is 30.3 Å². The van der Waals surface area contributed by atoms with Gasteiger partial charge in [-0.25, -0.2) is 0 Å². The van der Waals surface area contributed by atoms with Crippen molar-refractivity contribution in [3.63, 3.8) is 0 Å². The monoisotopic (exact) mass is 289 g/mol. The number of aliphatic carboxylic acids is 1. The lowest BCUT2D eigenvalue weighted by Gasteiger charge is -2.32. The van der Waals surface area contributed by atoms with Crippen molar-refractivity contribution in [2.45, 2.75) is 25.4 Å². The number of carbonyl (C=O) groups is 2. The van der Waals surface area contributed by atoms with Crippen LogP contribution in [0.2, 0.25) is 0 Å². The Labute approximate surface area is 123 Å². The summed E-state index contributed by atoms with van der Waals surface area (Å²) in [7, 11) is 0. The molecule has 2 atom stereocenters. The van der Waals surface area contributed by atoms with E-state index >= 15 is 0 Å². The second kappa shape index (κ2) is 5.76. The molecule has 0 bridgehead atoms. The molecular formula is C16H19NO4. The summed E-state index contributed by atoms with van der Waals surface area (Å²) in [6.45, 7) is 1.30. The van der Waals surface area contributed by atoms with Crippen LogP contribution in [0.25, 0.3) is 0 Å². The van der Waals surface area contributed by atoms with Crippen LogP contribution in [0, 0.1) is 11.8 Å². The van der Waals surface area contributed by atoms with Gasteiger partial charge < -0.3 is 14.7 Å². The van der Waals surface area contributed by atoms with Crippen LogP contribution in [0.3, 0.4) is 0 Å². The first-order valence-electron chi connectivity index (χ1n) is 7.38. The van der Waals surface area contributed by atoms with Gasteiger partial charge in [0.2, 0.25) is 5.91 Å². The molecule has 1 N–H and O–H groups in total. The van der Waals surface area contributed by atoms with Crippen molar-refractivity contribution < 1.29 is 19.4 Å². The lowest BCUT2D eigenvalue weighted by molar-refractivity contribution is -0.142. The highest BCUT2D eigenvalue weighted by Gasteiger charge is 2.50. The molecule has 1 aromatic rings. The summed E-state index contributed by atoms with van der Waals surface area (Å²) in [5, 5.41) is 8.89. The quantitative estimate of drug-likeness (QED) is 0.917. The van der Waals surface area contributed by atoms with Gasteiger partial charge in [-0.2, -0.15) is 0 Å². The van der Waals surface area contributed by atoms with E-state index in [0.717, 1.165) is 18.6 Å². The third kappa shape index (κ3) is 3.17. The zero-order valence-corrected chi connectivity index (χ0v) is 11.8. The number of rotatable bonds is 4. The molecule has 0 unspecified atom stereocenters. The van der Waals surface area contributed by atoms with Gasteiger partial charge in [0.15, 0.2) is 0 Å². The van der Waals surface area contributed by atoms with Crippen LogP contribution >= 0.6 is 0 Å². The lowest BCUT2D eigenvalue weighted by Crippen LogP contribution is -2.42.